The Bertz CT molecular complexity index is 439. The summed E-state index contributed by atoms with van der Waals surface area (Å²) in [5, 5.41) is 8.92. The van der Waals surface area contributed by atoms with Crippen molar-refractivity contribution in [2.75, 3.05) is 11.6 Å². The van der Waals surface area contributed by atoms with Crippen molar-refractivity contribution < 1.29 is 14.7 Å². The molecule has 1 amide bonds. The number of nitrogens with zero attached hydrogens (tertiary/aromatic N) is 1. The van der Waals surface area contributed by atoms with Crippen molar-refractivity contribution in [3.63, 3.8) is 0 Å². The summed E-state index contributed by atoms with van der Waals surface area (Å²) in [5.74, 6) is -0.615. The molecule has 0 aromatic carbocycles. The van der Waals surface area contributed by atoms with Crippen molar-refractivity contribution in [1.82, 2.24) is 4.90 Å². The molecule has 0 saturated carbocycles. The van der Waals surface area contributed by atoms with E-state index in [0.717, 1.165) is 0 Å². The topological polar surface area (TPSA) is 83.6 Å². The SMILES string of the molecule is Cl.NC1C(=O)N2C(C(=O)O)=C(C=CCCl)CSC12. The van der Waals surface area contributed by atoms with Crippen LogP contribution in [0.1, 0.15) is 0 Å². The van der Waals surface area contributed by atoms with E-state index in [0.29, 0.717) is 17.2 Å². The third-order valence-corrected chi connectivity index (χ3v) is 4.15. The van der Waals surface area contributed by atoms with E-state index in [2.05, 4.69) is 0 Å². The normalized spacial score (nSPS) is 26.8. The Morgan fingerprint density at radius 2 is 2.33 bits per heavy atom. The number of nitrogens with two attached hydrogens (primary N) is 1. The van der Waals surface area contributed by atoms with Gasteiger partial charge in [-0.25, -0.2) is 4.79 Å². The Balaban J connectivity index is 0.00000162. The number of allylic oxidation sites excluding steroid dienone is 2. The standard InChI is InChI=1S/C10H11ClN2O3S.ClH/c11-3-1-2-5-4-17-9-6(12)8(14)13(9)7(5)10(15)16;/h1-2,6,9H,3-4,12H2,(H,15,16);1H. The lowest BCUT2D eigenvalue weighted by Crippen LogP contribution is -2.68. The first-order valence-corrected chi connectivity index (χ1v) is 6.55. The summed E-state index contributed by atoms with van der Waals surface area (Å²) < 4.78 is 0. The van der Waals surface area contributed by atoms with Gasteiger partial charge in [0.2, 0.25) is 5.91 Å². The highest BCUT2D eigenvalue weighted by Gasteiger charge is 2.51. The van der Waals surface area contributed by atoms with E-state index in [9.17, 15) is 9.59 Å². The zero-order chi connectivity index (χ0) is 12.6. The van der Waals surface area contributed by atoms with Crippen LogP contribution in [0.25, 0.3) is 0 Å². The zero-order valence-electron chi connectivity index (χ0n) is 9.21. The molecule has 2 aliphatic heterocycles. The number of rotatable bonds is 3. The molecule has 8 heteroatoms. The van der Waals surface area contributed by atoms with E-state index in [1.165, 1.54) is 16.7 Å². The van der Waals surface area contributed by atoms with Gasteiger partial charge in [0.05, 0.1) is 0 Å². The number of aliphatic carboxylic acids is 1. The van der Waals surface area contributed by atoms with E-state index >= 15 is 0 Å². The largest absolute Gasteiger partial charge is 0.477 e. The van der Waals surface area contributed by atoms with Crippen LogP contribution >= 0.6 is 35.8 Å². The molecule has 2 unspecified atom stereocenters. The number of hydrogen-bond donors (Lipinski definition) is 2. The van der Waals surface area contributed by atoms with Crippen LogP contribution in [0, 0.1) is 0 Å². The number of carboxylic acid groups (broad SMARTS) is 1. The lowest BCUT2D eigenvalue weighted by Gasteiger charge is -2.47. The summed E-state index contributed by atoms with van der Waals surface area (Å²) in [7, 11) is 0. The summed E-state index contributed by atoms with van der Waals surface area (Å²) in [5.41, 5.74) is 6.24. The van der Waals surface area contributed by atoms with Gasteiger partial charge in [-0.15, -0.1) is 35.8 Å². The first kappa shape index (κ1) is 15.4. The van der Waals surface area contributed by atoms with Gasteiger partial charge in [-0.05, 0) is 5.57 Å². The van der Waals surface area contributed by atoms with Gasteiger partial charge < -0.3 is 10.8 Å². The van der Waals surface area contributed by atoms with Crippen LogP contribution in [-0.4, -0.2) is 44.9 Å². The van der Waals surface area contributed by atoms with Crippen LogP contribution in [0.2, 0.25) is 0 Å². The average molecular weight is 311 g/mol. The van der Waals surface area contributed by atoms with Crippen molar-refractivity contribution >= 4 is 47.6 Å². The molecule has 100 valence electrons. The molecule has 0 radical (unpaired) electrons. The Labute approximate surface area is 119 Å². The van der Waals surface area contributed by atoms with Gasteiger partial charge >= 0.3 is 5.97 Å². The first-order valence-electron chi connectivity index (χ1n) is 4.97. The molecule has 2 aliphatic rings. The summed E-state index contributed by atoms with van der Waals surface area (Å²) in [6, 6.07) is -0.590. The molecule has 0 spiro atoms. The summed E-state index contributed by atoms with van der Waals surface area (Å²) in [6.45, 7) is 0. The molecule has 0 aliphatic carbocycles. The van der Waals surface area contributed by atoms with E-state index in [1.54, 1.807) is 12.2 Å². The fraction of sp³-hybridized carbons (Fsp3) is 0.400. The number of halogens is 2. The molecule has 3 N–H and O–H groups in total. The Morgan fingerprint density at radius 3 is 2.89 bits per heavy atom. The fourth-order valence-electron chi connectivity index (χ4n) is 1.85. The number of carbonyl (C=O) groups is 2. The van der Waals surface area contributed by atoms with Crippen LogP contribution in [0.15, 0.2) is 23.4 Å². The average Bonchev–Trinajstić information content (AvgIpc) is 2.33. The van der Waals surface area contributed by atoms with Gasteiger partial charge in [0.25, 0.3) is 0 Å². The van der Waals surface area contributed by atoms with Crippen molar-refractivity contribution in [2.45, 2.75) is 11.4 Å². The maximum atomic E-state index is 11.6. The Hall–Kier alpha value is -0.690. The molecule has 1 fully saturated rings. The highest BCUT2D eigenvalue weighted by molar-refractivity contribution is 8.00. The number of amides is 1. The molecule has 0 aromatic heterocycles. The van der Waals surface area contributed by atoms with E-state index < -0.39 is 12.0 Å². The van der Waals surface area contributed by atoms with Crippen LogP contribution in [0.5, 0.6) is 0 Å². The quantitative estimate of drug-likeness (QED) is 0.594. The van der Waals surface area contributed by atoms with Crippen LogP contribution in [0.4, 0.5) is 0 Å². The Morgan fingerprint density at radius 1 is 1.67 bits per heavy atom. The highest BCUT2D eigenvalue weighted by Crippen LogP contribution is 2.39. The smallest absolute Gasteiger partial charge is 0.352 e. The van der Waals surface area contributed by atoms with Crippen LogP contribution < -0.4 is 5.73 Å². The minimum atomic E-state index is -1.11. The lowest BCUT2D eigenvalue weighted by molar-refractivity contribution is -0.147. The molecular formula is C10H12Cl2N2O3S. The van der Waals surface area contributed by atoms with Crippen molar-refractivity contribution in [2.24, 2.45) is 5.73 Å². The molecule has 0 aromatic rings. The predicted molar refractivity (Wildman–Crippen MR) is 72.8 cm³/mol. The summed E-state index contributed by atoms with van der Waals surface area (Å²) in [6.07, 6.45) is 3.31. The van der Waals surface area contributed by atoms with Gasteiger partial charge in [-0.1, -0.05) is 12.2 Å². The van der Waals surface area contributed by atoms with Gasteiger partial charge in [-0.3, -0.25) is 9.69 Å². The van der Waals surface area contributed by atoms with Crippen LogP contribution in [-0.2, 0) is 9.59 Å². The third-order valence-electron chi connectivity index (χ3n) is 2.65. The third kappa shape index (κ3) is 2.38. The molecule has 5 nitrogen and oxygen atoms in total. The van der Waals surface area contributed by atoms with E-state index in [-0.39, 0.29) is 29.4 Å². The van der Waals surface area contributed by atoms with Crippen molar-refractivity contribution in [1.29, 1.82) is 0 Å². The minimum absolute atomic E-state index is 0. The molecule has 2 heterocycles. The second kappa shape index (κ2) is 5.97. The zero-order valence-corrected chi connectivity index (χ0v) is 11.6. The van der Waals surface area contributed by atoms with Crippen molar-refractivity contribution in [3.8, 4) is 0 Å². The highest BCUT2D eigenvalue weighted by atomic mass is 35.5. The summed E-state index contributed by atoms with van der Waals surface area (Å²) in [4.78, 5) is 24.0. The monoisotopic (exact) mass is 310 g/mol. The molecular weight excluding hydrogens is 299 g/mol. The van der Waals surface area contributed by atoms with E-state index in [4.69, 9.17) is 22.4 Å². The fourth-order valence-corrected chi connectivity index (χ4v) is 3.21. The molecule has 18 heavy (non-hydrogen) atoms. The molecule has 2 rings (SSSR count). The van der Waals surface area contributed by atoms with Gasteiger partial charge in [0.15, 0.2) is 0 Å². The number of alkyl halides is 1. The molecule has 0 bridgehead atoms. The number of carbonyl (C=O) groups excluding carboxylic acids is 1. The van der Waals surface area contributed by atoms with Crippen LogP contribution in [0.3, 0.4) is 0 Å². The molecule has 2 atom stereocenters. The predicted octanol–water partition coefficient (Wildman–Crippen LogP) is 0.784. The van der Waals surface area contributed by atoms with Gasteiger partial charge in [0.1, 0.15) is 17.1 Å². The second-order valence-electron chi connectivity index (χ2n) is 3.67. The van der Waals surface area contributed by atoms with Crippen molar-refractivity contribution in [3.05, 3.63) is 23.4 Å². The number of thioether (sulfide) groups is 1. The lowest BCUT2D eigenvalue weighted by atomic mass is 10.0. The number of β-lactam (4-membered cyclic amide) rings is 1. The maximum Gasteiger partial charge on any atom is 0.352 e. The van der Waals surface area contributed by atoms with Gasteiger partial charge in [0, 0.05) is 11.6 Å². The minimum Gasteiger partial charge on any atom is -0.477 e. The first-order chi connectivity index (χ1) is 8.07. The molecule has 1 saturated heterocycles. The van der Waals surface area contributed by atoms with E-state index in [1.807, 2.05) is 0 Å². The second-order valence-corrected chi connectivity index (χ2v) is 5.08. The van der Waals surface area contributed by atoms with Gasteiger partial charge in [-0.2, -0.15) is 0 Å². The number of fused-ring (bicyclic) bond motifs is 1. The number of carboxylic acids is 1. The maximum absolute atomic E-state index is 11.6. The number of hydrogen-bond acceptors (Lipinski definition) is 4. The Kier molecular flexibility index (Phi) is 5.10. The summed E-state index contributed by atoms with van der Waals surface area (Å²) >= 11 is 6.98.